The van der Waals surface area contributed by atoms with Gasteiger partial charge in [0.05, 0.1) is 50.7 Å². The van der Waals surface area contributed by atoms with Gasteiger partial charge in [0.1, 0.15) is 23.0 Å². The molecular formula is C46H54N4O12-2. The summed E-state index contributed by atoms with van der Waals surface area (Å²) < 4.78 is 20.5. The molecule has 16 nitrogen and oxygen atoms in total. The first-order chi connectivity index (χ1) is 29.7. The fraction of sp³-hybridized carbons (Fsp3) is 0.348. The summed E-state index contributed by atoms with van der Waals surface area (Å²) in [5.41, 5.74) is 0.682. The lowest BCUT2D eigenvalue weighted by Crippen LogP contribution is -2.42. The van der Waals surface area contributed by atoms with Gasteiger partial charge in [0.2, 0.25) is 0 Å². The number of hydrogen-bond acceptors (Lipinski definition) is 14. The van der Waals surface area contributed by atoms with Crippen LogP contribution < -0.4 is 41.0 Å². The third-order valence-corrected chi connectivity index (χ3v) is 10.0. The number of carboxylic acid groups (broad SMARTS) is 2. The number of ether oxygens (including phenoxy) is 4. The predicted molar refractivity (Wildman–Crippen MR) is 228 cm³/mol. The van der Waals surface area contributed by atoms with E-state index < -0.39 is 47.1 Å². The molecule has 6 N–H and O–H groups in total. The minimum Gasteiger partial charge on any atom is -0.545 e. The third-order valence-electron chi connectivity index (χ3n) is 10.0. The summed E-state index contributed by atoms with van der Waals surface area (Å²) in [5, 5.41) is 60.2. The van der Waals surface area contributed by atoms with Crippen molar-refractivity contribution in [3.63, 3.8) is 0 Å². The van der Waals surface area contributed by atoms with Crippen molar-refractivity contribution in [2.75, 3.05) is 51.2 Å². The van der Waals surface area contributed by atoms with Crippen LogP contribution in [0.3, 0.4) is 0 Å². The SMILES string of the molecule is CCOC(=O)Nc1cc(C(CNC(C)Cc2ccc(OC)cc2)/C(C(=O)[O-])=C(\C(=O)[O-])C(CNC(C)Cc2ccc(OC)cc2)c2ccc(O)c(NC(=O)OCC)c2)ccc1O. The van der Waals surface area contributed by atoms with Crippen molar-refractivity contribution in [3.05, 3.63) is 118 Å². The quantitative estimate of drug-likeness (QED) is 0.0476. The van der Waals surface area contributed by atoms with Crippen LogP contribution in [0.5, 0.6) is 23.0 Å². The molecule has 2 amide bonds. The van der Waals surface area contributed by atoms with Crippen LogP contribution in [0.4, 0.5) is 21.0 Å². The zero-order valence-corrected chi connectivity index (χ0v) is 35.6. The average Bonchev–Trinajstić information content (AvgIpc) is 3.23. The summed E-state index contributed by atoms with van der Waals surface area (Å²) in [6, 6.07) is 22.2. The molecule has 4 aromatic rings. The van der Waals surface area contributed by atoms with E-state index in [2.05, 4.69) is 21.3 Å². The smallest absolute Gasteiger partial charge is 0.411 e. The van der Waals surface area contributed by atoms with Crippen LogP contribution in [-0.2, 0) is 31.9 Å². The summed E-state index contributed by atoms with van der Waals surface area (Å²) in [7, 11) is 3.12. The van der Waals surface area contributed by atoms with E-state index in [1.807, 2.05) is 62.4 Å². The van der Waals surface area contributed by atoms with Crippen LogP contribution in [0.2, 0.25) is 0 Å². The van der Waals surface area contributed by atoms with Gasteiger partial charge in [0, 0.05) is 37.0 Å². The maximum atomic E-state index is 13.6. The van der Waals surface area contributed by atoms with Crippen molar-refractivity contribution in [2.45, 2.75) is 64.5 Å². The van der Waals surface area contributed by atoms with Gasteiger partial charge < -0.3 is 59.6 Å². The number of benzene rings is 4. The Labute approximate surface area is 360 Å². The highest BCUT2D eigenvalue weighted by Gasteiger charge is 2.30. The molecule has 0 aliphatic carbocycles. The number of aromatic hydroxyl groups is 2. The summed E-state index contributed by atoms with van der Waals surface area (Å²) in [4.78, 5) is 52.1. The first kappa shape index (κ1) is 47.9. The van der Waals surface area contributed by atoms with E-state index in [1.54, 1.807) is 28.1 Å². The summed E-state index contributed by atoms with van der Waals surface area (Å²) >= 11 is 0. The fourth-order valence-electron chi connectivity index (χ4n) is 6.96. The number of methoxy groups -OCH3 is 2. The summed E-state index contributed by atoms with van der Waals surface area (Å²) in [6.45, 7) is 6.66. The zero-order chi connectivity index (χ0) is 45.3. The van der Waals surface area contributed by atoms with E-state index in [0.717, 1.165) is 11.1 Å². The number of carbonyl (C=O) groups is 4. The highest BCUT2D eigenvalue weighted by Crippen LogP contribution is 2.38. The van der Waals surface area contributed by atoms with Crippen molar-refractivity contribution in [2.24, 2.45) is 0 Å². The van der Waals surface area contributed by atoms with Crippen LogP contribution in [0.1, 0.15) is 61.8 Å². The maximum Gasteiger partial charge on any atom is 0.411 e. The van der Waals surface area contributed by atoms with Crippen molar-refractivity contribution in [3.8, 4) is 23.0 Å². The van der Waals surface area contributed by atoms with Gasteiger partial charge in [-0.3, -0.25) is 10.6 Å². The zero-order valence-electron chi connectivity index (χ0n) is 35.6. The van der Waals surface area contributed by atoms with Crippen LogP contribution in [0.25, 0.3) is 0 Å². The van der Waals surface area contributed by atoms with Crippen LogP contribution in [0, 0.1) is 0 Å². The summed E-state index contributed by atoms with van der Waals surface area (Å²) in [6.07, 6.45) is -0.795. The van der Waals surface area contributed by atoms with Gasteiger partial charge in [-0.25, -0.2) is 9.59 Å². The highest BCUT2D eigenvalue weighted by atomic mass is 16.6. The molecule has 0 fully saturated rings. The Hall–Kier alpha value is -6.78. The van der Waals surface area contributed by atoms with Gasteiger partial charge in [-0.2, -0.15) is 0 Å². The molecule has 332 valence electrons. The molecule has 62 heavy (non-hydrogen) atoms. The summed E-state index contributed by atoms with van der Waals surface area (Å²) in [5.74, 6) is -5.64. The van der Waals surface area contributed by atoms with Gasteiger partial charge in [-0.1, -0.05) is 36.4 Å². The Bertz CT molecular complexity index is 2020. The molecule has 0 saturated carbocycles. The molecule has 4 rings (SSSR count). The second-order valence-corrected chi connectivity index (χ2v) is 14.5. The van der Waals surface area contributed by atoms with Crippen molar-refractivity contribution in [1.82, 2.24) is 10.6 Å². The number of hydrogen-bond donors (Lipinski definition) is 6. The number of rotatable bonds is 22. The molecule has 16 heteroatoms. The van der Waals surface area contributed by atoms with Crippen LogP contribution in [-0.4, -0.2) is 86.9 Å². The Morgan fingerprint density at radius 2 is 0.935 bits per heavy atom. The molecule has 4 aromatic carbocycles. The Morgan fingerprint density at radius 1 is 0.581 bits per heavy atom. The molecular weight excluding hydrogens is 801 g/mol. The van der Waals surface area contributed by atoms with Gasteiger partial charge in [-0.15, -0.1) is 0 Å². The number of anilines is 2. The van der Waals surface area contributed by atoms with E-state index in [0.29, 0.717) is 24.3 Å². The Balaban J connectivity index is 1.89. The first-order valence-corrected chi connectivity index (χ1v) is 20.1. The van der Waals surface area contributed by atoms with E-state index >= 15 is 0 Å². The molecule has 4 unspecified atom stereocenters. The number of carbonyl (C=O) groups excluding carboxylic acids is 4. The lowest BCUT2D eigenvalue weighted by molar-refractivity contribution is -0.304. The Kier molecular flexibility index (Phi) is 18.0. The predicted octanol–water partition coefficient (Wildman–Crippen LogP) is 4.36. The number of phenolic OH excluding ortho intramolecular Hbond substituents is 2. The van der Waals surface area contributed by atoms with E-state index in [9.17, 15) is 39.6 Å². The molecule has 0 saturated heterocycles. The number of carboxylic acids is 2. The lowest BCUT2D eigenvalue weighted by Gasteiger charge is -2.32. The van der Waals surface area contributed by atoms with E-state index in [1.165, 1.54) is 36.4 Å². The topological polar surface area (TPSA) is 240 Å². The van der Waals surface area contributed by atoms with Crippen LogP contribution in [0.15, 0.2) is 96.1 Å². The monoisotopic (exact) mass is 854 g/mol. The minimum atomic E-state index is -1.83. The number of nitrogens with one attached hydrogen (secondary N) is 4. The second kappa shape index (κ2) is 23.3. The number of phenols is 2. The standard InChI is InChI=1S/C46H56N4O12/c1-7-61-45(57)49-37-23-31(13-19-39(37)51)35(25-47-27(3)21-29-9-15-33(59-5)16-10-29)41(43(53)54)42(44(55)56)36(26-48-28(4)22-30-11-17-34(60-6)18-12-30)32-14-20-40(52)38(24-32)50-46(58)62-8-2/h9-20,23-24,27-28,35-36,47-48,51-52H,7-8,21-22,25-26H2,1-6H3,(H,49,57)(H,50,58)(H,53,54)(H,55,56)/p-2/b42-41+. The molecule has 4 atom stereocenters. The minimum absolute atomic E-state index is 0.0277. The fourth-order valence-corrected chi connectivity index (χ4v) is 6.96. The van der Waals surface area contributed by atoms with Crippen molar-refractivity contribution < 1.29 is 58.6 Å². The van der Waals surface area contributed by atoms with Gasteiger partial charge >= 0.3 is 12.2 Å². The normalized spacial score (nSPS) is 13.4. The van der Waals surface area contributed by atoms with Crippen molar-refractivity contribution >= 4 is 35.5 Å². The van der Waals surface area contributed by atoms with Gasteiger partial charge in [0.25, 0.3) is 0 Å². The van der Waals surface area contributed by atoms with Gasteiger partial charge in [-0.05, 0) is 122 Å². The molecule has 0 bridgehead atoms. The average molecular weight is 855 g/mol. The lowest BCUT2D eigenvalue weighted by atomic mass is 9.80. The van der Waals surface area contributed by atoms with Gasteiger partial charge in [0.15, 0.2) is 0 Å². The second-order valence-electron chi connectivity index (χ2n) is 14.5. The van der Waals surface area contributed by atoms with Crippen molar-refractivity contribution in [1.29, 1.82) is 0 Å². The maximum absolute atomic E-state index is 13.6. The molecule has 0 spiro atoms. The number of amides is 2. The first-order valence-electron chi connectivity index (χ1n) is 20.1. The molecule has 0 aliphatic rings. The molecule has 0 radical (unpaired) electrons. The Morgan fingerprint density at radius 3 is 1.24 bits per heavy atom. The van der Waals surface area contributed by atoms with E-state index in [4.69, 9.17) is 18.9 Å². The molecule has 0 heterocycles. The highest BCUT2D eigenvalue weighted by molar-refractivity contribution is 6.00. The van der Waals surface area contributed by atoms with E-state index in [-0.39, 0.29) is 72.4 Å². The molecule has 0 aromatic heterocycles. The van der Waals surface area contributed by atoms with Crippen LogP contribution >= 0.6 is 0 Å². The number of aliphatic carboxylic acids is 2. The largest absolute Gasteiger partial charge is 0.545 e. The molecule has 0 aliphatic heterocycles. The third kappa shape index (κ3) is 13.6.